The van der Waals surface area contributed by atoms with Gasteiger partial charge in [-0.2, -0.15) is 0 Å². The fourth-order valence-electron chi connectivity index (χ4n) is 4.49. The molecule has 2 aliphatic rings. The summed E-state index contributed by atoms with van der Waals surface area (Å²) in [4.78, 5) is 27.1. The van der Waals surface area contributed by atoms with Crippen molar-refractivity contribution in [3.05, 3.63) is 28.8 Å². The summed E-state index contributed by atoms with van der Waals surface area (Å²) in [5.41, 5.74) is 9.98. The van der Waals surface area contributed by atoms with Crippen LogP contribution in [0, 0.1) is 26.7 Å². The van der Waals surface area contributed by atoms with E-state index in [2.05, 4.69) is 24.4 Å². The van der Waals surface area contributed by atoms with Gasteiger partial charge in [0.2, 0.25) is 11.8 Å². The summed E-state index contributed by atoms with van der Waals surface area (Å²) in [5.74, 6) is -0.286. The standard InChI is InChI=1S/C20H29N3O2/c1-13-8-14(2)18(15(3)9-13)23-11-16(10-17(23)24)19(25)22-20(12-21)6-4-5-7-20/h8-9,16H,4-7,10-12,21H2,1-3H3,(H,22,25). The maximum absolute atomic E-state index is 12.8. The number of anilines is 1. The first-order chi connectivity index (χ1) is 11.8. The van der Waals surface area contributed by atoms with Crippen LogP contribution in [0.3, 0.4) is 0 Å². The van der Waals surface area contributed by atoms with Gasteiger partial charge < -0.3 is 16.0 Å². The number of nitrogens with one attached hydrogen (secondary N) is 1. The van der Waals surface area contributed by atoms with Crippen molar-refractivity contribution in [2.75, 3.05) is 18.0 Å². The molecule has 1 aliphatic carbocycles. The number of benzene rings is 1. The van der Waals surface area contributed by atoms with E-state index in [1.54, 1.807) is 4.90 Å². The fraction of sp³-hybridized carbons (Fsp3) is 0.600. The zero-order valence-electron chi connectivity index (χ0n) is 15.5. The second-order valence-corrected chi connectivity index (χ2v) is 7.83. The van der Waals surface area contributed by atoms with Crippen molar-refractivity contribution in [2.24, 2.45) is 11.7 Å². The number of nitrogens with zero attached hydrogens (tertiary/aromatic N) is 1. The predicted octanol–water partition coefficient (Wildman–Crippen LogP) is 2.35. The summed E-state index contributed by atoms with van der Waals surface area (Å²) in [7, 11) is 0. The Bertz CT molecular complexity index is 669. The van der Waals surface area contributed by atoms with Gasteiger partial charge in [-0.25, -0.2) is 0 Å². The average Bonchev–Trinajstić information content (AvgIpc) is 3.14. The third kappa shape index (κ3) is 3.43. The first-order valence-corrected chi connectivity index (χ1v) is 9.25. The van der Waals surface area contributed by atoms with Crippen molar-refractivity contribution in [1.29, 1.82) is 0 Å². The minimum Gasteiger partial charge on any atom is -0.349 e. The zero-order chi connectivity index (χ0) is 18.2. The van der Waals surface area contributed by atoms with Crippen LogP contribution >= 0.6 is 0 Å². The van der Waals surface area contributed by atoms with Gasteiger partial charge in [-0.3, -0.25) is 9.59 Å². The van der Waals surface area contributed by atoms with Gasteiger partial charge in [-0.05, 0) is 44.7 Å². The molecule has 1 aliphatic heterocycles. The first kappa shape index (κ1) is 17.9. The first-order valence-electron chi connectivity index (χ1n) is 9.25. The summed E-state index contributed by atoms with van der Waals surface area (Å²) in [6.45, 7) is 7.03. The molecule has 25 heavy (non-hydrogen) atoms. The molecule has 3 N–H and O–H groups in total. The Morgan fingerprint density at radius 2 is 1.84 bits per heavy atom. The van der Waals surface area contributed by atoms with E-state index in [1.165, 1.54) is 5.56 Å². The second kappa shape index (κ2) is 6.79. The van der Waals surface area contributed by atoms with Gasteiger partial charge in [0.05, 0.1) is 11.5 Å². The van der Waals surface area contributed by atoms with Gasteiger partial charge in [0.25, 0.3) is 0 Å². The summed E-state index contributed by atoms with van der Waals surface area (Å²) in [5, 5.41) is 3.17. The molecule has 0 spiro atoms. The molecule has 1 saturated carbocycles. The van der Waals surface area contributed by atoms with Crippen molar-refractivity contribution < 1.29 is 9.59 Å². The summed E-state index contributed by atoms with van der Waals surface area (Å²) < 4.78 is 0. The van der Waals surface area contributed by atoms with Gasteiger partial charge >= 0.3 is 0 Å². The monoisotopic (exact) mass is 343 g/mol. The van der Waals surface area contributed by atoms with Crippen molar-refractivity contribution in [2.45, 2.75) is 58.4 Å². The van der Waals surface area contributed by atoms with E-state index in [0.29, 0.717) is 13.1 Å². The Labute approximate surface area is 150 Å². The zero-order valence-corrected chi connectivity index (χ0v) is 15.5. The maximum atomic E-state index is 12.8. The van der Waals surface area contributed by atoms with E-state index in [4.69, 9.17) is 5.73 Å². The normalized spacial score (nSPS) is 22.5. The van der Waals surface area contributed by atoms with E-state index in [1.807, 2.05) is 13.8 Å². The van der Waals surface area contributed by atoms with Crippen LogP contribution in [0.25, 0.3) is 0 Å². The van der Waals surface area contributed by atoms with Gasteiger partial charge in [0.15, 0.2) is 0 Å². The number of carbonyl (C=O) groups is 2. The smallest absolute Gasteiger partial charge is 0.227 e. The van der Waals surface area contributed by atoms with E-state index in [9.17, 15) is 9.59 Å². The molecule has 1 aromatic rings. The maximum Gasteiger partial charge on any atom is 0.227 e. The minimum absolute atomic E-state index is 0.0226. The highest BCUT2D eigenvalue weighted by molar-refractivity contribution is 6.01. The molecular weight excluding hydrogens is 314 g/mol. The lowest BCUT2D eigenvalue weighted by Crippen LogP contribution is -2.53. The SMILES string of the molecule is Cc1cc(C)c(N2CC(C(=O)NC3(CN)CCCC3)CC2=O)c(C)c1. The number of carbonyl (C=O) groups excluding carboxylic acids is 2. The highest BCUT2D eigenvalue weighted by Crippen LogP contribution is 2.33. The topological polar surface area (TPSA) is 75.4 Å². The number of hydrogen-bond acceptors (Lipinski definition) is 3. The van der Waals surface area contributed by atoms with Crippen molar-refractivity contribution in [3.8, 4) is 0 Å². The number of nitrogens with two attached hydrogens (primary N) is 1. The molecular formula is C20H29N3O2. The van der Waals surface area contributed by atoms with Gasteiger partial charge in [0, 0.05) is 25.2 Å². The van der Waals surface area contributed by atoms with Crippen molar-refractivity contribution in [3.63, 3.8) is 0 Å². The van der Waals surface area contributed by atoms with Crippen LogP contribution in [0.15, 0.2) is 12.1 Å². The Balaban J connectivity index is 1.75. The predicted molar refractivity (Wildman–Crippen MR) is 99.5 cm³/mol. The van der Waals surface area contributed by atoms with Crippen LogP contribution in [-0.4, -0.2) is 30.4 Å². The Kier molecular flexibility index (Phi) is 4.87. The molecule has 1 aromatic carbocycles. The molecule has 1 atom stereocenters. The third-order valence-electron chi connectivity index (χ3n) is 5.74. The highest BCUT2D eigenvalue weighted by atomic mass is 16.2. The third-order valence-corrected chi connectivity index (χ3v) is 5.74. The van der Waals surface area contributed by atoms with Crippen LogP contribution in [0.2, 0.25) is 0 Å². The molecule has 136 valence electrons. The lowest BCUT2D eigenvalue weighted by molar-refractivity contribution is -0.127. The molecule has 5 heteroatoms. The van der Waals surface area contributed by atoms with Gasteiger partial charge in [-0.1, -0.05) is 30.5 Å². The van der Waals surface area contributed by atoms with Crippen LogP contribution < -0.4 is 16.0 Å². The molecule has 2 amide bonds. The molecule has 2 fully saturated rings. The molecule has 0 radical (unpaired) electrons. The lowest BCUT2D eigenvalue weighted by Gasteiger charge is -2.30. The largest absolute Gasteiger partial charge is 0.349 e. The number of amides is 2. The van der Waals surface area contributed by atoms with E-state index in [0.717, 1.165) is 42.5 Å². The van der Waals surface area contributed by atoms with Crippen LogP contribution in [0.4, 0.5) is 5.69 Å². The van der Waals surface area contributed by atoms with Crippen LogP contribution in [0.1, 0.15) is 48.8 Å². The molecule has 3 rings (SSSR count). The molecule has 1 saturated heterocycles. The Morgan fingerprint density at radius 3 is 2.40 bits per heavy atom. The molecule has 5 nitrogen and oxygen atoms in total. The van der Waals surface area contributed by atoms with Crippen molar-refractivity contribution >= 4 is 17.5 Å². The van der Waals surface area contributed by atoms with Gasteiger partial charge in [-0.15, -0.1) is 0 Å². The number of aryl methyl sites for hydroxylation is 3. The fourth-order valence-corrected chi connectivity index (χ4v) is 4.49. The summed E-state index contributed by atoms with van der Waals surface area (Å²) in [6.07, 6.45) is 4.37. The van der Waals surface area contributed by atoms with Gasteiger partial charge in [0.1, 0.15) is 0 Å². The average molecular weight is 343 g/mol. The molecule has 0 aromatic heterocycles. The molecule has 1 heterocycles. The Hall–Kier alpha value is -1.88. The number of hydrogen-bond donors (Lipinski definition) is 2. The highest BCUT2D eigenvalue weighted by Gasteiger charge is 2.40. The summed E-state index contributed by atoms with van der Waals surface area (Å²) in [6, 6.07) is 4.18. The lowest BCUT2D eigenvalue weighted by atomic mass is 9.96. The quantitative estimate of drug-likeness (QED) is 0.881. The van der Waals surface area contributed by atoms with E-state index >= 15 is 0 Å². The minimum atomic E-state index is -0.295. The number of rotatable bonds is 4. The summed E-state index contributed by atoms with van der Waals surface area (Å²) >= 11 is 0. The second-order valence-electron chi connectivity index (χ2n) is 7.83. The Morgan fingerprint density at radius 1 is 1.24 bits per heavy atom. The molecule has 1 unspecified atom stereocenters. The van der Waals surface area contributed by atoms with Crippen LogP contribution in [-0.2, 0) is 9.59 Å². The van der Waals surface area contributed by atoms with E-state index < -0.39 is 0 Å². The van der Waals surface area contributed by atoms with Crippen molar-refractivity contribution in [1.82, 2.24) is 5.32 Å². The molecule has 0 bridgehead atoms. The van der Waals surface area contributed by atoms with E-state index in [-0.39, 0.29) is 29.7 Å². The van der Waals surface area contributed by atoms with Crippen LogP contribution in [0.5, 0.6) is 0 Å².